The molecule has 84 valence electrons. The normalized spacial score (nSPS) is 20.7. The van der Waals surface area contributed by atoms with Crippen molar-refractivity contribution in [3.05, 3.63) is 39.9 Å². The number of aromatic nitrogens is 2. The first-order valence-corrected chi connectivity index (χ1v) is 5.70. The van der Waals surface area contributed by atoms with Crippen LogP contribution < -0.4 is 10.7 Å². The molecule has 2 aromatic heterocycles. The molecule has 4 heteroatoms. The third kappa shape index (κ3) is 1.38. The monoisotopic (exact) mass is 217 g/mol. The zero-order chi connectivity index (χ0) is 11.1. The molecule has 0 radical (unpaired) electrons. The van der Waals surface area contributed by atoms with E-state index in [1.54, 1.807) is 12.1 Å². The Morgan fingerprint density at radius 1 is 1.50 bits per heavy atom. The molecule has 0 saturated carbocycles. The van der Waals surface area contributed by atoms with E-state index in [0.29, 0.717) is 6.04 Å². The second-order valence-electron chi connectivity index (χ2n) is 4.39. The van der Waals surface area contributed by atoms with E-state index in [4.69, 9.17) is 0 Å². The molecular formula is C12H15N3O. The van der Waals surface area contributed by atoms with Gasteiger partial charge >= 0.3 is 0 Å². The second kappa shape index (κ2) is 3.49. The third-order valence-electron chi connectivity index (χ3n) is 3.35. The van der Waals surface area contributed by atoms with E-state index in [-0.39, 0.29) is 5.43 Å². The lowest BCUT2D eigenvalue weighted by Gasteiger charge is -2.08. The molecule has 1 aliphatic rings. The molecule has 0 aromatic carbocycles. The highest BCUT2D eigenvalue weighted by molar-refractivity contribution is 5.43. The number of nitrogens with zero attached hydrogens (tertiary/aromatic N) is 1. The molecule has 2 N–H and O–H groups in total. The van der Waals surface area contributed by atoms with Crippen LogP contribution in [0, 0.1) is 6.92 Å². The van der Waals surface area contributed by atoms with Crippen LogP contribution >= 0.6 is 0 Å². The maximum atomic E-state index is 11.3. The van der Waals surface area contributed by atoms with Crippen molar-refractivity contribution in [2.24, 2.45) is 0 Å². The minimum atomic E-state index is 0.0483. The van der Waals surface area contributed by atoms with Gasteiger partial charge in [-0.1, -0.05) is 0 Å². The SMILES string of the molecule is Cc1c(C2CCCN2)[nH]c2cc(=O)ccn12. The molecule has 3 heterocycles. The molecule has 2 aromatic rings. The zero-order valence-electron chi connectivity index (χ0n) is 9.29. The molecular weight excluding hydrogens is 202 g/mol. The number of nitrogens with one attached hydrogen (secondary N) is 2. The summed E-state index contributed by atoms with van der Waals surface area (Å²) in [5.74, 6) is 0. The number of fused-ring (bicyclic) bond motifs is 1. The Morgan fingerprint density at radius 2 is 2.38 bits per heavy atom. The van der Waals surface area contributed by atoms with Crippen molar-refractivity contribution in [2.45, 2.75) is 25.8 Å². The lowest BCUT2D eigenvalue weighted by atomic mass is 10.1. The average molecular weight is 217 g/mol. The van der Waals surface area contributed by atoms with Gasteiger partial charge in [-0.25, -0.2) is 0 Å². The summed E-state index contributed by atoms with van der Waals surface area (Å²) in [7, 11) is 0. The van der Waals surface area contributed by atoms with Crippen LogP contribution in [0.15, 0.2) is 23.1 Å². The van der Waals surface area contributed by atoms with Crippen LogP contribution in [-0.4, -0.2) is 15.9 Å². The van der Waals surface area contributed by atoms with Crippen LogP contribution in [-0.2, 0) is 0 Å². The number of H-pyrrole nitrogens is 1. The topological polar surface area (TPSA) is 49.3 Å². The molecule has 1 saturated heterocycles. The Bertz CT molecular complexity index is 575. The first-order valence-electron chi connectivity index (χ1n) is 5.70. The Kier molecular flexibility index (Phi) is 2.11. The largest absolute Gasteiger partial charge is 0.342 e. The third-order valence-corrected chi connectivity index (χ3v) is 3.35. The maximum Gasteiger partial charge on any atom is 0.183 e. The van der Waals surface area contributed by atoms with Gasteiger partial charge in [-0.3, -0.25) is 4.79 Å². The van der Waals surface area contributed by atoms with Gasteiger partial charge in [0.15, 0.2) is 5.43 Å². The van der Waals surface area contributed by atoms with Crippen molar-refractivity contribution < 1.29 is 0 Å². The van der Waals surface area contributed by atoms with Gasteiger partial charge in [0.2, 0.25) is 0 Å². The van der Waals surface area contributed by atoms with E-state index >= 15 is 0 Å². The Labute approximate surface area is 93.3 Å². The molecule has 16 heavy (non-hydrogen) atoms. The van der Waals surface area contributed by atoms with E-state index in [1.807, 2.05) is 10.6 Å². The van der Waals surface area contributed by atoms with Gasteiger partial charge in [0.25, 0.3) is 0 Å². The highest BCUT2D eigenvalue weighted by Gasteiger charge is 2.20. The van der Waals surface area contributed by atoms with Crippen molar-refractivity contribution in [2.75, 3.05) is 6.54 Å². The Hall–Kier alpha value is -1.55. The Balaban J connectivity index is 2.18. The quantitative estimate of drug-likeness (QED) is 0.757. The second-order valence-corrected chi connectivity index (χ2v) is 4.39. The molecule has 1 unspecified atom stereocenters. The van der Waals surface area contributed by atoms with Crippen molar-refractivity contribution in [1.82, 2.24) is 14.7 Å². The Morgan fingerprint density at radius 3 is 3.12 bits per heavy atom. The van der Waals surface area contributed by atoms with E-state index in [9.17, 15) is 4.79 Å². The molecule has 0 bridgehead atoms. The smallest absolute Gasteiger partial charge is 0.183 e. The fourth-order valence-corrected chi connectivity index (χ4v) is 2.50. The predicted molar refractivity (Wildman–Crippen MR) is 62.7 cm³/mol. The number of aromatic amines is 1. The summed E-state index contributed by atoms with van der Waals surface area (Å²) in [6.07, 6.45) is 4.22. The number of imidazole rings is 1. The van der Waals surface area contributed by atoms with Crippen LogP contribution in [0.3, 0.4) is 0 Å². The maximum absolute atomic E-state index is 11.3. The summed E-state index contributed by atoms with van der Waals surface area (Å²) < 4.78 is 2.04. The van der Waals surface area contributed by atoms with Crippen LogP contribution in [0.4, 0.5) is 0 Å². The van der Waals surface area contributed by atoms with Gasteiger partial charge < -0.3 is 14.7 Å². The lowest BCUT2D eigenvalue weighted by Crippen LogP contribution is -2.14. The summed E-state index contributed by atoms with van der Waals surface area (Å²) in [5.41, 5.74) is 3.33. The molecule has 4 nitrogen and oxygen atoms in total. The minimum absolute atomic E-state index is 0.0483. The number of hydrogen-bond donors (Lipinski definition) is 2. The lowest BCUT2D eigenvalue weighted by molar-refractivity contribution is 0.627. The summed E-state index contributed by atoms with van der Waals surface area (Å²) in [6.45, 7) is 3.17. The molecule has 0 amide bonds. The summed E-state index contributed by atoms with van der Waals surface area (Å²) in [4.78, 5) is 14.6. The van der Waals surface area contributed by atoms with Crippen molar-refractivity contribution in [3.8, 4) is 0 Å². The fraction of sp³-hybridized carbons (Fsp3) is 0.417. The average Bonchev–Trinajstić information content (AvgIpc) is 2.86. The van der Waals surface area contributed by atoms with Gasteiger partial charge in [-0.15, -0.1) is 0 Å². The minimum Gasteiger partial charge on any atom is -0.342 e. The number of aryl methyl sites for hydroxylation is 1. The van der Waals surface area contributed by atoms with Crippen LogP contribution in [0.2, 0.25) is 0 Å². The standard InChI is InChI=1S/C12H15N3O/c1-8-12(10-3-2-5-13-10)14-11-7-9(16)4-6-15(8)11/h4,6-7,10,13-14H,2-3,5H2,1H3. The van der Waals surface area contributed by atoms with E-state index < -0.39 is 0 Å². The number of rotatable bonds is 1. The molecule has 0 aliphatic carbocycles. The van der Waals surface area contributed by atoms with E-state index in [0.717, 1.165) is 12.2 Å². The summed E-state index contributed by atoms with van der Waals surface area (Å²) in [6, 6.07) is 3.65. The van der Waals surface area contributed by atoms with Gasteiger partial charge in [-0.05, 0) is 26.3 Å². The van der Waals surface area contributed by atoms with Crippen molar-refractivity contribution in [1.29, 1.82) is 0 Å². The molecule has 1 aliphatic heterocycles. The summed E-state index contributed by atoms with van der Waals surface area (Å²) >= 11 is 0. The molecule has 3 rings (SSSR count). The number of pyridine rings is 1. The van der Waals surface area contributed by atoms with Gasteiger partial charge in [0.05, 0.1) is 5.69 Å². The zero-order valence-corrected chi connectivity index (χ0v) is 9.29. The molecule has 1 fully saturated rings. The molecule has 1 atom stereocenters. The van der Waals surface area contributed by atoms with Gasteiger partial charge in [0, 0.05) is 30.1 Å². The van der Waals surface area contributed by atoms with Crippen LogP contribution in [0.1, 0.15) is 30.3 Å². The van der Waals surface area contributed by atoms with Crippen molar-refractivity contribution in [3.63, 3.8) is 0 Å². The molecule has 0 spiro atoms. The first kappa shape index (κ1) is 9.66. The highest BCUT2D eigenvalue weighted by atomic mass is 16.1. The van der Waals surface area contributed by atoms with Crippen LogP contribution in [0.25, 0.3) is 5.65 Å². The number of hydrogen-bond acceptors (Lipinski definition) is 2. The van der Waals surface area contributed by atoms with E-state index in [2.05, 4.69) is 17.2 Å². The van der Waals surface area contributed by atoms with E-state index in [1.165, 1.54) is 24.2 Å². The first-order chi connectivity index (χ1) is 7.75. The van der Waals surface area contributed by atoms with Gasteiger partial charge in [-0.2, -0.15) is 0 Å². The van der Waals surface area contributed by atoms with Gasteiger partial charge in [0.1, 0.15) is 5.65 Å². The highest BCUT2D eigenvalue weighted by Crippen LogP contribution is 2.25. The summed E-state index contributed by atoms with van der Waals surface area (Å²) in [5, 5.41) is 3.47. The van der Waals surface area contributed by atoms with Crippen molar-refractivity contribution >= 4 is 5.65 Å². The van der Waals surface area contributed by atoms with Crippen LogP contribution in [0.5, 0.6) is 0 Å². The fourth-order valence-electron chi connectivity index (χ4n) is 2.50. The predicted octanol–water partition coefficient (Wildman–Crippen LogP) is 1.36.